The molecule has 148 valence electrons. The van der Waals surface area contributed by atoms with Gasteiger partial charge in [-0.1, -0.05) is 42.0 Å². The lowest BCUT2D eigenvalue weighted by Gasteiger charge is -2.19. The highest BCUT2D eigenvalue weighted by molar-refractivity contribution is 5.90. The van der Waals surface area contributed by atoms with Crippen LogP contribution < -0.4 is 15.5 Å². The van der Waals surface area contributed by atoms with Gasteiger partial charge in [-0.05, 0) is 37.5 Å². The van der Waals surface area contributed by atoms with Crippen LogP contribution in [0.25, 0.3) is 11.3 Å². The minimum atomic E-state index is -0.235. The maximum absolute atomic E-state index is 12.3. The van der Waals surface area contributed by atoms with E-state index in [2.05, 4.69) is 25.5 Å². The van der Waals surface area contributed by atoms with Crippen molar-refractivity contribution in [2.45, 2.75) is 26.3 Å². The normalized spacial score (nSPS) is 13.3. The van der Waals surface area contributed by atoms with Gasteiger partial charge in [-0.25, -0.2) is 9.78 Å². The number of benzene rings is 2. The maximum Gasteiger partial charge on any atom is 0.319 e. The fourth-order valence-corrected chi connectivity index (χ4v) is 3.50. The first-order valence-electron chi connectivity index (χ1n) is 9.96. The molecule has 6 nitrogen and oxygen atoms in total. The van der Waals surface area contributed by atoms with Crippen molar-refractivity contribution < 1.29 is 4.79 Å². The van der Waals surface area contributed by atoms with Crippen LogP contribution in [0.3, 0.4) is 0 Å². The quantitative estimate of drug-likeness (QED) is 0.682. The van der Waals surface area contributed by atoms with Crippen LogP contribution in [-0.4, -0.2) is 29.1 Å². The molecule has 0 atom stereocenters. The van der Waals surface area contributed by atoms with Crippen molar-refractivity contribution in [3.05, 3.63) is 72.1 Å². The zero-order valence-corrected chi connectivity index (χ0v) is 16.6. The number of carbonyl (C=O) groups is 1. The van der Waals surface area contributed by atoms with E-state index >= 15 is 0 Å². The first-order chi connectivity index (χ1) is 14.2. The third kappa shape index (κ3) is 4.71. The first-order valence-corrected chi connectivity index (χ1v) is 9.96. The van der Waals surface area contributed by atoms with Gasteiger partial charge in [0.15, 0.2) is 5.82 Å². The summed E-state index contributed by atoms with van der Waals surface area (Å²) >= 11 is 0. The van der Waals surface area contributed by atoms with Gasteiger partial charge in [-0.2, -0.15) is 0 Å². The second-order valence-corrected chi connectivity index (χ2v) is 7.30. The molecule has 1 aliphatic rings. The summed E-state index contributed by atoms with van der Waals surface area (Å²) in [7, 11) is 0. The van der Waals surface area contributed by atoms with Crippen molar-refractivity contribution in [3.63, 3.8) is 0 Å². The molecular formula is C23H25N5O. The van der Waals surface area contributed by atoms with Crippen LogP contribution in [-0.2, 0) is 6.54 Å². The van der Waals surface area contributed by atoms with Crippen LogP contribution in [0.2, 0.25) is 0 Å². The summed E-state index contributed by atoms with van der Waals surface area (Å²) < 4.78 is 0. The fraction of sp³-hybridized carbons (Fsp3) is 0.261. The van der Waals surface area contributed by atoms with Gasteiger partial charge in [-0.15, -0.1) is 0 Å². The molecule has 0 spiro atoms. The van der Waals surface area contributed by atoms with Gasteiger partial charge >= 0.3 is 6.03 Å². The lowest BCUT2D eigenvalue weighted by molar-refractivity contribution is 0.251. The molecule has 3 aromatic rings. The smallest absolute Gasteiger partial charge is 0.319 e. The number of aromatic nitrogens is 2. The summed E-state index contributed by atoms with van der Waals surface area (Å²) in [5.74, 6) is 0.908. The fourth-order valence-electron chi connectivity index (χ4n) is 3.50. The second kappa shape index (κ2) is 8.73. The number of carbonyl (C=O) groups excluding carboxylic acids is 1. The molecule has 0 saturated carbocycles. The number of nitrogens with zero attached hydrogens (tertiary/aromatic N) is 3. The number of amides is 2. The Kier molecular flexibility index (Phi) is 5.70. The number of hydrogen-bond donors (Lipinski definition) is 2. The maximum atomic E-state index is 12.3. The standard InChI is InChI=1S/C23H25N5O/c1-17-7-9-18(10-8-17)16-26-23(29)27-20-6-4-5-19(15-20)21-22(25-12-11-24-21)28-13-2-3-14-28/h4-12,15H,2-3,13-14,16H2,1H3,(H2,26,27,29). The predicted octanol–water partition coefficient (Wildman–Crippen LogP) is 4.37. The van der Waals surface area contributed by atoms with Crippen molar-refractivity contribution in [1.82, 2.24) is 15.3 Å². The van der Waals surface area contributed by atoms with Crippen LogP contribution in [0, 0.1) is 6.92 Å². The van der Waals surface area contributed by atoms with Crippen LogP contribution >= 0.6 is 0 Å². The van der Waals surface area contributed by atoms with Gasteiger partial charge in [-0.3, -0.25) is 4.98 Å². The molecule has 1 fully saturated rings. The van der Waals surface area contributed by atoms with E-state index in [1.807, 2.05) is 55.5 Å². The van der Waals surface area contributed by atoms with E-state index in [1.54, 1.807) is 12.4 Å². The van der Waals surface area contributed by atoms with E-state index < -0.39 is 0 Å². The van der Waals surface area contributed by atoms with Gasteiger partial charge in [0.25, 0.3) is 0 Å². The Hall–Kier alpha value is -3.41. The van der Waals surface area contributed by atoms with Crippen molar-refractivity contribution in [2.24, 2.45) is 0 Å². The molecule has 2 amide bonds. The number of hydrogen-bond acceptors (Lipinski definition) is 4. The van der Waals surface area contributed by atoms with Crippen molar-refractivity contribution in [2.75, 3.05) is 23.3 Å². The molecule has 2 heterocycles. The Balaban J connectivity index is 1.45. The summed E-state index contributed by atoms with van der Waals surface area (Å²) in [5.41, 5.74) is 4.78. The Morgan fingerprint density at radius 2 is 1.79 bits per heavy atom. The van der Waals surface area contributed by atoms with Gasteiger partial charge < -0.3 is 15.5 Å². The molecule has 0 radical (unpaired) electrons. The average Bonchev–Trinajstić information content (AvgIpc) is 3.28. The minimum Gasteiger partial charge on any atom is -0.355 e. The summed E-state index contributed by atoms with van der Waals surface area (Å²) in [6.07, 6.45) is 5.80. The molecule has 29 heavy (non-hydrogen) atoms. The van der Waals surface area contributed by atoms with Gasteiger partial charge in [0.05, 0.1) is 0 Å². The van der Waals surface area contributed by atoms with Gasteiger partial charge in [0.2, 0.25) is 0 Å². The third-order valence-corrected chi connectivity index (χ3v) is 5.05. The van der Waals surface area contributed by atoms with Crippen molar-refractivity contribution in [1.29, 1.82) is 0 Å². The zero-order chi connectivity index (χ0) is 20.1. The summed E-state index contributed by atoms with van der Waals surface area (Å²) in [6, 6.07) is 15.6. The minimum absolute atomic E-state index is 0.235. The summed E-state index contributed by atoms with van der Waals surface area (Å²) in [6.45, 7) is 4.54. The molecule has 1 aromatic heterocycles. The van der Waals surface area contributed by atoms with Crippen LogP contribution in [0.4, 0.5) is 16.3 Å². The van der Waals surface area contributed by atoms with Crippen molar-refractivity contribution >= 4 is 17.5 Å². The van der Waals surface area contributed by atoms with Gasteiger partial charge in [0, 0.05) is 43.3 Å². The van der Waals surface area contributed by atoms with Crippen LogP contribution in [0.15, 0.2) is 60.9 Å². The predicted molar refractivity (Wildman–Crippen MR) is 116 cm³/mol. The van der Waals surface area contributed by atoms with Crippen molar-refractivity contribution in [3.8, 4) is 11.3 Å². The van der Waals surface area contributed by atoms with E-state index in [9.17, 15) is 4.79 Å². The molecule has 0 aliphatic carbocycles. The third-order valence-electron chi connectivity index (χ3n) is 5.05. The lowest BCUT2D eigenvalue weighted by atomic mass is 10.1. The molecule has 1 aliphatic heterocycles. The largest absolute Gasteiger partial charge is 0.355 e. The number of rotatable bonds is 5. The molecule has 4 rings (SSSR count). The Morgan fingerprint density at radius 1 is 1.03 bits per heavy atom. The second-order valence-electron chi connectivity index (χ2n) is 7.30. The zero-order valence-electron chi connectivity index (χ0n) is 16.6. The van der Waals surface area contributed by atoms with E-state index in [0.717, 1.165) is 41.4 Å². The Morgan fingerprint density at radius 3 is 2.59 bits per heavy atom. The average molecular weight is 387 g/mol. The topological polar surface area (TPSA) is 70.1 Å². The molecule has 0 unspecified atom stereocenters. The summed E-state index contributed by atoms with van der Waals surface area (Å²) in [5, 5.41) is 5.81. The highest BCUT2D eigenvalue weighted by Crippen LogP contribution is 2.30. The number of anilines is 2. The van der Waals surface area contributed by atoms with E-state index in [0.29, 0.717) is 6.54 Å². The van der Waals surface area contributed by atoms with E-state index in [1.165, 1.54) is 18.4 Å². The first kappa shape index (κ1) is 18.9. The number of urea groups is 1. The molecule has 0 bridgehead atoms. The highest BCUT2D eigenvalue weighted by Gasteiger charge is 2.19. The highest BCUT2D eigenvalue weighted by atomic mass is 16.2. The van der Waals surface area contributed by atoms with Gasteiger partial charge in [0.1, 0.15) is 5.69 Å². The Labute approximate surface area is 171 Å². The summed E-state index contributed by atoms with van der Waals surface area (Å²) in [4.78, 5) is 23.7. The number of nitrogens with one attached hydrogen (secondary N) is 2. The lowest BCUT2D eigenvalue weighted by Crippen LogP contribution is -2.28. The van der Waals surface area contributed by atoms with E-state index in [4.69, 9.17) is 0 Å². The monoisotopic (exact) mass is 387 g/mol. The van der Waals surface area contributed by atoms with Crippen LogP contribution in [0.5, 0.6) is 0 Å². The molecule has 2 N–H and O–H groups in total. The molecule has 2 aromatic carbocycles. The number of aryl methyl sites for hydroxylation is 1. The molecule has 1 saturated heterocycles. The van der Waals surface area contributed by atoms with Crippen LogP contribution in [0.1, 0.15) is 24.0 Å². The van der Waals surface area contributed by atoms with E-state index in [-0.39, 0.29) is 6.03 Å². The Bertz CT molecular complexity index is 981. The molecular weight excluding hydrogens is 362 g/mol. The SMILES string of the molecule is Cc1ccc(CNC(=O)Nc2cccc(-c3nccnc3N3CCCC3)c2)cc1. The molecule has 6 heteroatoms.